The number of piperazine rings is 1. The number of carboxylic acids is 1. The second-order valence-electron chi connectivity index (χ2n) is 11.2. The molecule has 2 heterocycles. The van der Waals surface area contributed by atoms with Crippen molar-refractivity contribution in [2.24, 2.45) is 5.41 Å². The van der Waals surface area contributed by atoms with E-state index in [9.17, 15) is 9.90 Å². The fraction of sp³-hybridized carbons (Fsp3) is 0.355. The first kappa shape index (κ1) is 27.0. The van der Waals surface area contributed by atoms with Crippen LogP contribution in [0.3, 0.4) is 0 Å². The second-order valence-corrected chi connectivity index (χ2v) is 11.6. The lowest BCUT2D eigenvalue weighted by Crippen LogP contribution is -2.47. The maximum absolute atomic E-state index is 11.8. The molecule has 1 aliphatic heterocycles. The first-order valence-electron chi connectivity index (χ1n) is 13.4. The van der Waals surface area contributed by atoms with Gasteiger partial charge in [-0.25, -0.2) is 9.78 Å². The first-order chi connectivity index (χ1) is 18.7. The number of rotatable bonds is 7. The van der Waals surface area contributed by atoms with E-state index in [4.69, 9.17) is 22.1 Å². The summed E-state index contributed by atoms with van der Waals surface area (Å²) in [6.45, 7) is 9.25. The number of benzene rings is 2. The van der Waals surface area contributed by atoms with Gasteiger partial charge in [-0.05, 0) is 72.2 Å². The van der Waals surface area contributed by atoms with Gasteiger partial charge >= 0.3 is 5.97 Å². The summed E-state index contributed by atoms with van der Waals surface area (Å²) >= 11 is 6.17. The summed E-state index contributed by atoms with van der Waals surface area (Å²) in [4.78, 5) is 20.7. The quantitative estimate of drug-likeness (QED) is 0.345. The molecule has 3 N–H and O–H groups in total. The van der Waals surface area contributed by atoms with E-state index in [1.165, 1.54) is 29.3 Å². The number of carboxylic acid groups (broad SMARTS) is 1. The molecule has 1 saturated heterocycles. The van der Waals surface area contributed by atoms with Gasteiger partial charge in [0.25, 0.3) is 0 Å². The molecule has 2 aliphatic rings. The van der Waals surface area contributed by atoms with Crippen molar-refractivity contribution in [3.05, 3.63) is 82.5 Å². The number of nitrogens with two attached hydrogens (primary N) is 1. The molecule has 0 radical (unpaired) electrons. The number of aromatic carboxylic acids is 1. The largest absolute Gasteiger partial charge is 0.478 e. The molecule has 3 aromatic rings. The van der Waals surface area contributed by atoms with Gasteiger partial charge in [-0.3, -0.25) is 4.90 Å². The van der Waals surface area contributed by atoms with Crippen LogP contribution in [0.5, 0.6) is 11.5 Å². The van der Waals surface area contributed by atoms with Gasteiger partial charge in [0.2, 0.25) is 0 Å². The maximum Gasteiger partial charge on any atom is 0.339 e. The molecule has 0 bridgehead atoms. The minimum atomic E-state index is -1.04. The van der Waals surface area contributed by atoms with Crippen LogP contribution in [0.25, 0.3) is 5.57 Å². The predicted octanol–water partition coefficient (Wildman–Crippen LogP) is 6.59. The van der Waals surface area contributed by atoms with Crippen molar-refractivity contribution in [2.45, 2.75) is 33.1 Å². The third-order valence-electron chi connectivity index (χ3n) is 7.71. The molecule has 0 spiro atoms. The van der Waals surface area contributed by atoms with E-state index >= 15 is 0 Å². The van der Waals surface area contributed by atoms with Gasteiger partial charge in [0.1, 0.15) is 22.9 Å². The third kappa shape index (κ3) is 6.54. The number of pyridine rings is 1. The Hall–Kier alpha value is -3.55. The molecule has 1 fully saturated rings. The normalized spacial score (nSPS) is 17.8. The molecular formula is C31H35ClN4O3. The number of aromatic nitrogens is 1. The molecule has 1 aromatic heterocycles. The Balaban J connectivity index is 1.29. The van der Waals surface area contributed by atoms with Crippen molar-refractivity contribution in [3.63, 3.8) is 0 Å². The van der Waals surface area contributed by atoms with E-state index in [2.05, 4.69) is 40.8 Å². The molecule has 0 atom stereocenters. The number of carbonyl (C=O) groups is 1. The van der Waals surface area contributed by atoms with Gasteiger partial charge in [-0.2, -0.15) is 0 Å². The summed E-state index contributed by atoms with van der Waals surface area (Å²) in [5, 5.41) is 10.4. The molecule has 0 unspecified atom stereocenters. The highest BCUT2D eigenvalue weighted by Gasteiger charge is 2.29. The van der Waals surface area contributed by atoms with Crippen LogP contribution < -0.4 is 15.4 Å². The van der Waals surface area contributed by atoms with Gasteiger partial charge < -0.3 is 20.5 Å². The van der Waals surface area contributed by atoms with Crippen molar-refractivity contribution >= 4 is 34.6 Å². The zero-order chi connectivity index (χ0) is 27.6. The molecule has 7 nitrogen and oxygen atoms in total. The standard InChI is InChI=1S/C31H35ClN4O3/c1-31(2)12-11-22(27(18-31)21-3-5-23(32)6-4-21)20-35-13-15-36(16-14-35)24-7-9-26(30(37)38)28(17-24)39-25-8-10-29(33)34-19-25/h3-10,17,19H,11-16,18,20H2,1-2H3,(H2,33,34)(H,37,38). The molecule has 39 heavy (non-hydrogen) atoms. The maximum atomic E-state index is 11.8. The van der Waals surface area contributed by atoms with Crippen LogP contribution in [-0.4, -0.2) is 53.7 Å². The summed E-state index contributed by atoms with van der Waals surface area (Å²) < 4.78 is 5.91. The average molecular weight is 547 g/mol. The van der Waals surface area contributed by atoms with Crippen molar-refractivity contribution in [2.75, 3.05) is 43.4 Å². The number of ether oxygens (including phenoxy) is 1. The molecule has 0 amide bonds. The topological polar surface area (TPSA) is 91.9 Å². The van der Waals surface area contributed by atoms with Gasteiger partial charge in [0.05, 0.1) is 6.20 Å². The van der Waals surface area contributed by atoms with E-state index in [0.29, 0.717) is 17.0 Å². The number of nitrogen functional groups attached to an aromatic ring is 1. The average Bonchev–Trinajstić information content (AvgIpc) is 2.91. The van der Waals surface area contributed by atoms with Gasteiger partial charge in [-0.1, -0.05) is 43.2 Å². The van der Waals surface area contributed by atoms with Crippen LogP contribution in [0.2, 0.25) is 5.02 Å². The number of nitrogens with zero attached hydrogens (tertiary/aromatic N) is 3. The molecule has 1 aliphatic carbocycles. The summed E-state index contributed by atoms with van der Waals surface area (Å²) in [6.07, 6.45) is 4.88. The van der Waals surface area contributed by atoms with Crippen LogP contribution in [0.4, 0.5) is 11.5 Å². The first-order valence-corrected chi connectivity index (χ1v) is 13.8. The zero-order valence-electron chi connectivity index (χ0n) is 22.5. The van der Waals surface area contributed by atoms with Crippen LogP contribution in [0.15, 0.2) is 66.4 Å². The van der Waals surface area contributed by atoms with Crippen molar-refractivity contribution < 1.29 is 14.6 Å². The predicted molar refractivity (Wildman–Crippen MR) is 157 cm³/mol. The van der Waals surface area contributed by atoms with Crippen molar-refractivity contribution in [3.8, 4) is 11.5 Å². The fourth-order valence-corrected chi connectivity index (χ4v) is 5.57. The van der Waals surface area contributed by atoms with E-state index in [1.807, 2.05) is 18.2 Å². The summed E-state index contributed by atoms with van der Waals surface area (Å²) in [6, 6.07) is 16.8. The smallest absolute Gasteiger partial charge is 0.339 e. The molecule has 204 valence electrons. The highest BCUT2D eigenvalue weighted by atomic mass is 35.5. The fourth-order valence-electron chi connectivity index (χ4n) is 5.45. The van der Waals surface area contributed by atoms with Gasteiger partial charge in [0, 0.05) is 49.5 Å². The van der Waals surface area contributed by atoms with Crippen molar-refractivity contribution in [1.29, 1.82) is 0 Å². The Kier molecular flexibility index (Phi) is 7.82. The number of hydrogen-bond donors (Lipinski definition) is 2. The van der Waals surface area contributed by atoms with Crippen LogP contribution in [0.1, 0.15) is 49.0 Å². The monoisotopic (exact) mass is 546 g/mol. The van der Waals surface area contributed by atoms with E-state index in [1.54, 1.807) is 24.3 Å². The second kappa shape index (κ2) is 11.3. The van der Waals surface area contributed by atoms with E-state index in [0.717, 1.165) is 56.3 Å². The van der Waals surface area contributed by atoms with Crippen LogP contribution in [-0.2, 0) is 0 Å². The SMILES string of the molecule is CC1(C)CCC(CN2CCN(c3ccc(C(=O)O)c(Oc4ccc(N)nc4)c3)CC2)=C(c2ccc(Cl)cc2)C1. The molecule has 0 saturated carbocycles. The van der Waals surface area contributed by atoms with E-state index < -0.39 is 5.97 Å². The molecular weight excluding hydrogens is 512 g/mol. The Morgan fingerprint density at radius 3 is 2.49 bits per heavy atom. The summed E-state index contributed by atoms with van der Waals surface area (Å²) in [5.74, 6) is 0.0660. The summed E-state index contributed by atoms with van der Waals surface area (Å²) in [7, 11) is 0. The number of allylic oxidation sites excluding steroid dienone is 1. The Morgan fingerprint density at radius 1 is 1.08 bits per heavy atom. The lowest BCUT2D eigenvalue weighted by molar-refractivity contribution is 0.0694. The molecule has 8 heteroatoms. The minimum Gasteiger partial charge on any atom is -0.478 e. The van der Waals surface area contributed by atoms with Crippen LogP contribution in [0, 0.1) is 5.41 Å². The zero-order valence-corrected chi connectivity index (χ0v) is 23.2. The van der Waals surface area contributed by atoms with Gasteiger partial charge in [0.15, 0.2) is 0 Å². The third-order valence-corrected chi connectivity index (χ3v) is 7.96. The Bertz CT molecular complexity index is 1360. The Morgan fingerprint density at radius 2 is 1.82 bits per heavy atom. The van der Waals surface area contributed by atoms with E-state index in [-0.39, 0.29) is 11.3 Å². The summed E-state index contributed by atoms with van der Waals surface area (Å²) in [5.41, 5.74) is 11.3. The molecule has 2 aromatic carbocycles. The van der Waals surface area contributed by atoms with Gasteiger partial charge in [-0.15, -0.1) is 0 Å². The van der Waals surface area contributed by atoms with Crippen LogP contribution >= 0.6 is 11.6 Å². The number of anilines is 2. The Labute approximate surface area is 234 Å². The minimum absolute atomic E-state index is 0.107. The highest BCUT2D eigenvalue weighted by Crippen LogP contribution is 2.43. The lowest BCUT2D eigenvalue weighted by atomic mass is 9.72. The highest BCUT2D eigenvalue weighted by molar-refractivity contribution is 6.30. The number of halogens is 1. The lowest BCUT2D eigenvalue weighted by Gasteiger charge is -2.39. The molecule has 5 rings (SSSR count). The number of hydrogen-bond acceptors (Lipinski definition) is 6. The van der Waals surface area contributed by atoms with Crippen molar-refractivity contribution in [1.82, 2.24) is 9.88 Å².